The van der Waals surface area contributed by atoms with Gasteiger partial charge in [-0.15, -0.1) is 0 Å². The maximum absolute atomic E-state index is 13.7. The molecule has 2 aliphatic rings. The predicted molar refractivity (Wildman–Crippen MR) is 137 cm³/mol. The minimum atomic E-state index is -4.45. The number of alkyl halides is 3. The van der Waals surface area contributed by atoms with Crippen molar-refractivity contribution in [3.05, 3.63) is 95.1 Å². The van der Waals surface area contributed by atoms with Crippen molar-refractivity contribution < 1.29 is 22.8 Å². The van der Waals surface area contributed by atoms with Crippen LogP contribution < -0.4 is 10.2 Å². The molecule has 1 fully saturated rings. The van der Waals surface area contributed by atoms with Gasteiger partial charge in [0.2, 0.25) is 5.91 Å². The quantitative estimate of drug-likeness (QED) is 0.435. The van der Waals surface area contributed by atoms with Gasteiger partial charge in [-0.1, -0.05) is 60.7 Å². The third-order valence-corrected chi connectivity index (χ3v) is 6.71. The number of hydrogen-bond donors (Lipinski definition) is 1. The molecule has 0 spiro atoms. The molecule has 5 rings (SSSR count). The van der Waals surface area contributed by atoms with Gasteiger partial charge in [-0.05, 0) is 60.2 Å². The fourth-order valence-corrected chi connectivity index (χ4v) is 4.87. The first-order valence-electron chi connectivity index (χ1n) is 12.2. The van der Waals surface area contributed by atoms with E-state index in [2.05, 4.69) is 5.32 Å². The minimum Gasteiger partial charge on any atom is -0.337 e. The third-order valence-electron chi connectivity index (χ3n) is 6.71. The minimum absolute atomic E-state index is 0.0500. The summed E-state index contributed by atoms with van der Waals surface area (Å²) in [6.07, 6.45) is 1.33. The van der Waals surface area contributed by atoms with E-state index in [4.69, 9.17) is 0 Å². The Bertz CT molecular complexity index is 1300. The summed E-state index contributed by atoms with van der Waals surface area (Å²) in [5.41, 5.74) is 2.78. The van der Waals surface area contributed by atoms with Crippen molar-refractivity contribution in [1.29, 1.82) is 0 Å². The van der Waals surface area contributed by atoms with Crippen molar-refractivity contribution in [2.24, 2.45) is 0 Å². The highest BCUT2D eigenvalue weighted by Gasteiger charge is 2.33. The molecule has 3 amide bonds. The van der Waals surface area contributed by atoms with Gasteiger partial charge in [0.05, 0.1) is 16.9 Å². The molecular weight excluding hydrogens is 479 g/mol. The Labute approximate surface area is 213 Å². The summed E-state index contributed by atoms with van der Waals surface area (Å²) in [6, 6.07) is 18.9. The highest BCUT2D eigenvalue weighted by molar-refractivity contribution is 6.06. The molecule has 3 aromatic rings. The molecule has 1 atom stereocenters. The number of para-hydroxylation sites is 2. The Morgan fingerprint density at radius 1 is 0.892 bits per heavy atom. The number of anilines is 2. The average molecular weight is 506 g/mol. The number of nitrogens with zero attached hydrogens (tertiary/aromatic N) is 2. The average Bonchev–Trinajstić information content (AvgIpc) is 3.16. The first kappa shape index (κ1) is 24.6. The molecule has 0 bridgehead atoms. The van der Waals surface area contributed by atoms with E-state index in [1.165, 1.54) is 6.07 Å². The van der Waals surface area contributed by atoms with Crippen LogP contribution in [0, 0.1) is 0 Å². The molecule has 5 nitrogen and oxygen atoms in total. The van der Waals surface area contributed by atoms with Crippen molar-refractivity contribution in [3.63, 3.8) is 0 Å². The van der Waals surface area contributed by atoms with E-state index < -0.39 is 23.8 Å². The van der Waals surface area contributed by atoms with Crippen LogP contribution in [-0.2, 0) is 17.5 Å². The lowest BCUT2D eigenvalue weighted by molar-refractivity contribution is -0.137. The van der Waals surface area contributed by atoms with Crippen molar-refractivity contribution in [3.8, 4) is 0 Å². The number of benzene rings is 3. The van der Waals surface area contributed by atoms with Gasteiger partial charge in [0.15, 0.2) is 0 Å². The number of halogens is 3. The van der Waals surface area contributed by atoms with Gasteiger partial charge in [-0.3, -0.25) is 9.69 Å². The highest BCUT2D eigenvalue weighted by atomic mass is 19.4. The van der Waals surface area contributed by atoms with Crippen LogP contribution in [0.25, 0.3) is 12.2 Å². The second kappa shape index (κ2) is 10.1. The largest absolute Gasteiger partial charge is 0.416 e. The third kappa shape index (κ3) is 5.23. The first-order chi connectivity index (χ1) is 17.8. The molecule has 190 valence electrons. The number of hydrogen-bond acceptors (Lipinski definition) is 2. The standard InChI is InChI=1S/C29H26F3N3O2/c30-29(31,32)23-11-7-8-20(18-23)19-34-17-6-5-12-24(27(34)36)33-28(37)35-25-13-3-1-9-21(25)15-16-22-10-2-4-14-26(22)35/h1-4,7-11,13-16,18,24H,5-6,12,17,19H2,(H,33,37). The summed E-state index contributed by atoms with van der Waals surface area (Å²) >= 11 is 0. The Hall–Kier alpha value is -4.07. The number of likely N-dealkylation sites (tertiary alicyclic amines) is 1. The Kier molecular flexibility index (Phi) is 6.74. The van der Waals surface area contributed by atoms with Crippen LogP contribution >= 0.6 is 0 Å². The number of carbonyl (C=O) groups is 2. The molecule has 3 aromatic carbocycles. The molecule has 2 aliphatic heterocycles. The zero-order valence-electron chi connectivity index (χ0n) is 20.0. The van der Waals surface area contributed by atoms with Gasteiger partial charge in [-0.2, -0.15) is 13.2 Å². The van der Waals surface area contributed by atoms with Gasteiger partial charge in [0, 0.05) is 13.1 Å². The van der Waals surface area contributed by atoms with Crippen LogP contribution in [0.1, 0.15) is 41.5 Å². The molecule has 1 saturated heterocycles. The molecule has 8 heteroatoms. The van der Waals surface area contributed by atoms with Crippen LogP contribution in [0.2, 0.25) is 0 Å². The van der Waals surface area contributed by atoms with Crippen LogP contribution in [0.15, 0.2) is 72.8 Å². The number of rotatable bonds is 3. The van der Waals surface area contributed by atoms with E-state index in [1.54, 1.807) is 15.9 Å². The van der Waals surface area contributed by atoms with Crippen LogP contribution in [-0.4, -0.2) is 29.4 Å². The van der Waals surface area contributed by atoms with Gasteiger partial charge in [0.1, 0.15) is 6.04 Å². The van der Waals surface area contributed by atoms with Crippen LogP contribution in [0.3, 0.4) is 0 Å². The van der Waals surface area contributed by atoms with Crippen molar-refractivity contribution in [2.75, 3.05) is 11.4 Å². The normalized spacial score (nSPS) is 17.5. The zero-order chi connectivity index (χ0) is 26.0. The maximum atomic E-state index is 13.7. The van der Waals surface area contributed by atoms with E-state index in [0.29, 0.717) is 42.7 Å². The molecule has 1 unspecified atom stereocenters. The lowest BCUT2D eigenvalue weighted by atomic mass is 10.1. The molecule has 1 N–H and O–H groups in total. The summed E-state index contributed by atoms with van der Waals surface area (Å²) in [5, 5.41) is 2.93. The summed E-state index contributed by atoms with van der Waals surface area (Å²) < 4.78 is 39.5. The Morgan fingerprint density at radius 2 is 1.54 bits per heavy atom. The summed E-state index contributed by atoms with van der Waals surface area (Å²) in [4.78, 5) is 30.3. The van der Waals surface area contributed by atoms with E-state index in [1.807, 2.05) is 60.7 Å². The molecule has 2 heterocycles. The smallest absolute Gasteiger partial charge is 0.337 e. The maximum Gasteiger partial charge on any atom is 0.416 e. The summed E-state index contributed by atoms with van der Waals surface area (Å²) in [6.45, 7) is 0.467. The highest BCUT2D eigenvalue weighted by Crippen LogP contribution is 2.36. The molecule has 37 heavy (non-hydrogen) atoms. The van der Waals surface area contributed by atoms with E-state index in [-0.39, 0.29) is 12.5 Å². The van der Waals surface area contributed by atoms with Gasteiger partial charge < -0.3 is 10.2 Å². The fraction of sp³-hybridized carbons (Fsp3) is 0.241. The van der Waals surface area contributed by atoms with E-state index in [9.17, 15) is 22.8 Å². The first-order valence-corrected chi connectivity index (χ1v) is 12.2. The molecule has 0 saturated carbocycles. The van der Waals surface area contributed by atoms with Crippen LogP contribution in [0.5, 0.6) is 0 Å². The summed E-state index contributed by atoms with van der Waals surface area (Å²) in [7, 11) is 0. The number of amides is 3. The zero-order valence-corrected chi connectivity index (χ0v) is 20.0. The molecular formula is C29H26F3N3O2. The van der Waals surface area contributed by atoms with Crippen molar-refractivity contribution in [2.45, 2.75) is 38.0 Å². The van der Waals surface area contributed by atoms with Gasteiger partial charge >= 0.3 is 12.2 Å². The lowest BCUT2D eigenvalue weighted by Gasteiger charge is -2.29. The van der Waals surface area contributed by atoms with Crippen molar-refractivity contribution >= 4 is 35.5 Å². The fourth-order valence-electron chi connectivity index (χ4n) is 4.87. The number of nitrogens with one attached hydrogen (secondary N) is 1. The molecule has 0 aromatic heterocycles. The molecule has 0 aliphatic carbocycles. The second-order valence-corrected chi connectivity index (χ2v) is 9.24. The number of urea groups is 1. The predicted octanol–water partition coefficient (Wildman–Crippen LogP) is 6.62. The number of fused-ring (bicyclic) bond motifs is 2. The Balaban J connectivity index is 1.39. The second-order valence-electron chi connectivity index (χ2n) is 9.24. The van der Waals surface area contributed by atoms with Crippen LogP contribution in [0.4, 0.5) is 29.3 Å². The Morgan fingerprint density at radius 3 is 2.19 bits per heavy atom. The van der Waals surface area contributed by atoms with E-state index in [0.717, 1.165) is 23.3 Å². The SMILES string of the molecule is O=C1C(NC(=O)N2c3ccccc3C=Cc3ccccc32)CCCCN1Cc1cccc(C(F)(F)F)c1. The lowest BCUT2D eigenvalue weighted by Crippen LogP contribution is -2.50. The van der Waals surface area contributed by atoms with Crippen molar-refractivity contribution in [1.82, 2.24) is 10.2 Å². The van der Waals surface area contributed by atoms with Gasteiger partial charge in [-0.25, -0.2) is 4.79 Å². The summed E-state index contributed by atoms with van der Waals surface area (Å²) in [5.74, 6) is -0.294. The van der Waals surface area contributed by atoms with Gasteiger partial charge in [0.25, 0.3) is 0 Å². The topological polar surface area (TPSA) is 52.7 Å². The molecule has 0 radical (unpaired) electrons. The number of carbonyl (C=O) groups excluding carboxylic acids is 2. The monoisotopic (exact) mass is 505 g/mol. The van der Waals surface area contributed by atoms with E-state index >= 15 is 0 Å².